The maximum Gasteiger partial charge on any atom is -0.00367 e. The molecule has 1 aromatic rings. The van der Waals surface area contributed by atoms with E-state index in [1.165, 1.54) is 43.5 Å². The summed E-state index contributed by atoms with van der Waals surface area (Å²) in [5.41, 5.74) is 8.45. The molecule has 2 heteroatoms. The second kappa shape index (κ2) is 6.02. The van der Waals surface area contributed by atoms with Crippen LogP contribution in [-0.4, -0.2) is 19.6 Å². The highest BCUT2D eigenvalue weighted by Gasteiger charge is 2.13. The van der Waals surface area contributed by atoms with Gasteiger partial charge in [-0.2, -0.15) is 0 Å². The van der Waals surface area contributed by atoms with Crippen LogP contribution in [0.5, 0.6) is 0 Å². The fraction of sp³-hybridized carbons (Fsp3) is 0.571. The van der Waals surface area contributed by atoms with Gasteiger partial charge < -0.3 is 11.1 Å². The van der Waals surface area contributed by atoms with Gasteiger partial charge in [0.2, 0.25) is 0 Å². The first-order valence-corrected chi connectivity index (χ1v) is 6.37. The quantitative estimate of drug-likeness (QED) is 0.807. The van der Waals surface area contributed by atoms with Gasteiger partial charge in [-0.1, -0.05) is 24.3 Å². The lowest BCUT2D eigenvalue weighted by Crippen LogP contribution is -2.28. The molecule has 0 atom stereocenters. The van der Waals surface area contributed by atoms with E-state index >= 15 is 0 Å². The zero-order valence-electron chi connectivity index (χ0n) is 9.91. The Morgan fingerprint density at radius 3 is 2.69 bits per heavy atom. The highest BCUT2D eigenvalue weighted by atomic mass is 14.9. The van der Waals surface area contributed by atoms with Crippen LogP contribution in [0.1, 0.15) is 24.0 Å². The number of hydrogen-bond acceptors (Lipinski definition) is 2. The van der Waals surface area contributed by atoms with Gasteiger partial charge in [0.05, 0.1) is 0 Å². The molecule has 0 unspecified atom stereocenters. The molecule has 0 radical (unpaired) electrons. The summed E-state index contributed by atoms with van der Waals surface area (Å²) in [6, 6.07) is 8.93. The molecule has 0 aromatic heterocycles. The third kappa shape index (κ3) is 3.32. The molecule has 0 spiro atoms. The molecule has 1 saturated heterocycles. The van der Waals surface area contributed by atoms with E-state index < -0.39 is 0 Å². The van der Waals surface area contributed by atoms with Gasteiger partial charge in [-0.15, -0.1) is 0 Å². The van der Waals surface area contributed by atoms with Gasteiger partial charge in [0, 0.05) is 0 Å². The summed E-state index contributed by atoms with van der Waals surface area (Å²) < 4.78 is 0. The van der Waals surface area contributed by atoms with E-state index in [9.17, 15) is 0 Å². The minimum atomic E-state index is 0.747. The molecule has 2 rings (SSSR count). The van der Waals surface area contributed by atoms with Crippen molar-refractivity contribution in [2.45, 2.75) is 25.7 Å². The number of nitrogens with one attached hydrogen (secondary N) is 1. The van der Waals surface area contributed by atoms with Crippen molar-refractivity contribution < 1.29 is 0 Å². The summed E-state index contributed by atoms with van der Waals surface area (Å²) in [6.07, 6.45) is 4.88. The summed E-state index contributed by atoms with van der Waals surface area (Å²) in [5.74, 6) is 0.870. The molecule has 1 aliphatic heterocycles. The molecule has 1 fully saturated rings. The largest absolute Gasteiger partial charge is 0.330 e. The molecule has 88 valence electrons. The SMILES string of the molecule is NCCc1cccc(CC2CCNCC2)c1. The lowest BCUT2D eigenvalue weighted by atomic mass is 9.90. The van der Waals surface area contributed by atoms with E-state index in [0.29, 0.717) is 0 Å². The molecule has 0 amide bonds. The van der Waals surface area contributed by atoms with Crippen LogP contribution in [0.25, 0.3) is 0 Å². The fourth-order valence-electron chi connectivity index (χ4n) is 2.50. The molecule has 1 heterocycles. The summed E-state index contributed by atoms with van der Waals surface area (Å²) in [6.45, 7) is 3.12. The molecule has 2 nitrogen and oxygen atoms in total. The van der Waals surface area contributed by atoms with Crippen molar-refractivity contribution in [1.29, 1.82) is 0 Å². The molecule has 0 saturated carbocycles. The van der Waals surface area contributed by atoms with E-state index in [1.807, 2.05) is 0 Å². The van der Waals surface area contributed by atoms with Crippen molar-refractivity contribution in [2.75, 3.05) is 19.6 Å². The molecular weight excluding hydrogens is 196 g/mol. The summed E-state index contributed by atoms with van der Waals surface area (Å²) in [7, 11) is 0. The normalized spacial score (nSPS) is 17.6. The number of benzene rings is 1. The van der Waals surface area contributed by atoms with Crippen molar-refractivity contribution >= 4 is 0 Å². The number of piperidine rings is 1. The van der Waals surface area contributed by atoms with Gasteiger partial charge in [-0.05, 0) is 62.4 Å². The van der Waals surface area contributed by atoms with Crippen LogP contribution >= 0.6 is 0 Å². The predicted molar refractivity (Wildman–Crippen MR) is 68.5 cm³/mol. The Morgan fingerprint density at radius 1 is 1.19 bits per heavy atom. The minimum Gasteiger partial charge on any atom is -0.330 e. The van der Waals surface area contributed by atoms with Gasteiger partial charge in [0.15, 0.2) is 0 Å². The van der Waals surface area contributed by atoms with Crippen LogP contribution in [0, 0.1) is 5.92 Å². The number of hydrogen-bond donors (Lipinski definition) is 2. The second-order valence-corrected chi connectivity index (χ2v) is 4.76. The maximum atomic E-state index is 5.59. The molecular formula is C14H22N2. The van der Waals surface area contributed by atoms with Crippen molar-refractivity contribution in [3.63, 3.8) is 0 Å². The Hall–Kier alpha value is -0.860. The van der Waals surface area contributed by atoms with Crippen molar-refractivity contribution in [3.05, 3.63) is 35.4 Å². The first-order valence-electron chi connectivity index (χ1n) is 6.37. The highest BCUT2D eigenvalue weighted by Crippen LogP contribution is 2.18. The zero-order chi connectivity index (χ0) is 11.2. The average molecular weight is 218 g/mol. The van der Waals surface area contributed by atoms with E-state index in [2.05, 4.69) is 29.6 Å². The standard InChI is InChI=1S/C14H22N2/c15-7-4-12-2-1-3-14(10-12)11-13-5-8-16-9-6-13/h1-3,10,13,16H,4-9,11,15H2. The molecule has 3 N–H and O–H groups in total. The molecule has 0 aliphatic carbocycles. The van der Waals surface area contributed by atoms with Gasteiger partial charge in [-0.3, -0.25) is 0 Å². The molecule has 16 heavy (non-hydrogen) atoms. The van der Waals surface area contributed by atoms with Gasteiger partial charge >= 0.3 is 0 Å². The Kier molecular flexibility index (Phi) is 4.37. The third-order valence-electron chi connectivity index (χ3n) is 3.41. The van der Waals surface area contributed by atoms with Crippen molar-refractivity contribution in [3.8, 4) is 0 Å². The van der Waals surface area contributed by atoms with Gasteiger partial charge in [-0.25, -0.2) is 0 Å². The van der Waals surface area contributed by atoms with E-state index in [0.717, 1.165) is 18.9 Å². The lowest BCUT2D eigenvalue weighted by molar-refractivity contribution is 0.372. The van der Waals surface area contributed by atoms with Crippen LogP contribution in [0.3, 0.4) is 0 Å². The second-order valence-electron chi connectivity index (χ2n) is 4.76. The summed E-state index contributed by atoms with van der Waals surface area (Å²) in [5, 5.41) is 3.42. The van der Waals surface area contributed by atoms with Crippen LogP contribution in [0.15, 0.2) is 24.3 Å². The monoisotopic (exact) mass is 218 g/mol. The Bertz CT molecular complexity index is 316. The topological polar surface area (TPSA) is 38.0 Å². The number of rotatable bonds is 4. The van der Waals surface area contributed by atoms with Crippen molar-refractivity contribution in [1.82, 2.24) is 5.32 Å². The minimum absolute atomic E-state index is 0.747. The highest BCUT2D eigenvalue weighted by molar-refractivity contribution is 5.24. The summed E-state index contributed by atoms with van der Waals surface area (Å²) in [4.78, 5) is 0. The van der Waals surface area contributed by atoms with E-state index in [1.54, 1.807) is 0 Å². The van der Waals surface area contributed by atoms with Crippen LogP contribution in [0.2, 0.25) is 0 Å². The van der Waals surface area contributed by atoms with Crippen LogP contribution in [-0.2, 0) is 12.8 Å². The Morgan fingerprint density at radius 2 is 1.94 bits per heavy atom. The smallest absolute Gasteiger partial charge is 0.00367 e. The van der Waals surface area contributed by atoms with Crippen LogP contribution < -0.4 is 11.1 Å². The maximum absolute atomic E-state index is 5.59. The Balaban J connectivity index is 1.94. The first kappa shape index (κ1) is 11.6. The zero-order valence-corrected chi connectivity index (χ0v) is 9.91. The van der Waals surface area contributed by atoms with Gasteiger partial charge in [0.25, 0.3) is 0 Å². The number of nitrogens with two attached hydrogens (primary N) is 1. The molecule has 0 bridgehead atoms. The van der Waals surface area contributed by atoms with Crippen LogP contribution in [0.4, 0.5) is 0 Å². The third-order valence-corrected chi connectivity index (χ3v) is 3.41. The van der Waals surface area contributed by atoms with E-state index in [4.69, 9.17) is 5.73 Å². The Labute approximate surface area is 98.2 Å². The summed E-state index contributed by atoms with van der Waals surface area (Å²) >= 11 is 0. The lowest BCUT2D eigenvalue weighted by Gasteiger charge is -2.22. The van der Waals surface area contributed by atoms with Gasteiger partial charge in [0.1, 0.15) is 0 Å². The molecule has 1 aliphatic rings. The molecule has 1 aromatic carbocycles. The van der Waals surface area contributed by atoms with Crippen molar-refractivity contribution in [2.24, 2.45) is 11.7 Å². The average Bonchev–Trinajstić information content (AvgIpc) is 2.31. The first-order chi connectivity index (χ1) is 7.88. The predicted octanol–water partition coefficient (Wildman–Crippen LogP) is 1.73. The fourth-order valence-corrected chi connectivity index (χ4v) is 2.50. The van der Waals surface area contributed by atoms with E-state index in [-0.39, 0.29) is 0 Å².